The second-order valence-electron chi connectivity index (χ2n) is 3.92. The molecule has 1 aliphatic heterocycles. The van der Waals surface area contributed by atoms with Gasteiger partial charge in [0, 0.05) is 23.4 Å². The zero-order chi connectivity index (χ0) is 12.3. The Hall–Kier alpha value is -0.110. The zero-order valence-corrected chi connectivity index (χ0v) is 12.3. The summed E-state index contributed by atoms with van der Waals surface area (Å²) in [6.07, 6.45) is 4.01. The summed E-state index contributed by atoms with van der Waals surface area (Å²) in [4.78, 5) is 4.07. The van der Waals surface area contributed by atoms with Crippen molar-refractivity contribution in [3.05, 3.63) is 22.9 Å². The molecule has 2 heterocycles. The number of rotatable bonds is 4. The van der Waals surface area contributed by atoms with Crippen molar-refractivity contribution in [1.82, 2.24) is 9.71 Å². The number of thioether (sulfide) groups is 1. The molecule has 17 heavy (non-hydrogen) atoms. The predicted octanol–water partition coefficient (Wildman–Crippen LogP) is 1.88. The summed E-state index contributed by atoms with van der Waals surface area (Å²) in [5, 5.41) is 0. The van der Waals surface area contributed by atoms with E-state index in [0.29, 0.717) is 16.9 Å². The number of halogens is 1. The van der Waals surface area contributed by atoms with Crippen molar-refractivity contribution >= 4 is 37.7 Å². The van der Waals surface area contributed by atoms with E-state index < -0.39 is 10.0 Å². The Kier molecular flexibility index (Phi) is 4.46. The Morgan fingerprint density at radius 1 is 1.53 bits per heavy atom. The molecule has 4 nitrogen and oxygen atoms in total. The fraction of sp³-hybridized carbons (Fsp3) is 0.500. The van der Waals surface area contributed by atoms with Crippen molar-refractivity contribution in [2.75, 3.05) is 18.1 Å². The molecule has 0 amide bonds. The van der Waals surface area contributed by atoms with Gasteiger partial charge in [-0.05, 0) is 45.8 Å². The van der Waals surface area contributed by atoms with Gasteiger partial charge in [-0.3, -0.25) is 4.98 Å². The lowest BCUT2D eigenvalue weighted by atomic mass is 10.1. The van der Waals surface area contributed by atoms with Crippen LogP contribution in [0.5, 0.6) is 0 Å². The molecular formula is C10H13BrN2O2S2. The average molecular weight is 337 g/mol. The molecule has 1 aromatic heterocycles. The lowest BCUT2D eigenvalue weighted by Gasteiger charge is -2.10. The van der Waals surface area contributed by atoms with Gasteiger partial charge in [0.1, 0.15) is 4.90 Å². The summed E-state index contributed by atoms with van der Waals surface area (Å²) in [5.41, 5.74) is 0. The van der Waals surface area contributed by atoms with Crippen LogP contribution < -0.4 is 4.72 Å². The summed E-state index contributed by atoms with van der Waals surface area (Å²) >= 11 is 5.09. The number of hydrogen-bond acceptors (Lipinski definition) is 4. The second-order valence-corrected chi connectivity index (χ2v) is 7.75. The van der Waals surface area contributed by atoms with Crippen LogP contribution in [0, 0.1) is 5.92 Å². The standard InChI is InChI=1S/C10H13BrN2O2S2/c11-9-3-10(6-12-5-9)17(14,15)13-4-8-1-2-16-7-8/h3,5-6,8,13H,1-2,4,7H2. The minimum absolute atomic E-state index is 0.206. The number of pyridine rings is 1. The molecule has 1 saturated heterocycles. The summed E-state index contributed by atoms with van der Waals surface area (Å²) in [6.45, 7) is 0.516. The van der Waals surface area contributed by atoms with Crippen molar-refractivity contribution in [3.8, 4) is 0 Å². The first kappa shape index (κ1) is 13.3. The van der Waals surface area contributed by atoms with Gasteiger partial charge in [-0.25, -0.2) is 13.1 Å². The summed E-state index contributed by atoms with van der Waals surface area (Å²) < 4.78 is 27.2. The first-order valence-electron chi connectivity index (χ1n) is 5.26. The molecule has 1 aromatic rings. The molecule has 0 aliphatic carbocycles. The van der Waals surface area contributed by atoms with Crippen molar-refractivity contribution in [2.45, 2.75) is 11.3 Å². The quantitative estimate of drug-likeness (QED) is 0.911. The van der Waals surface area contributed by atoms with Gasteiger partial charge < -0.3 is 0 Å². The van der Waals surface area contributed by atoms with Gasteiger partial charge in [0.2, 0.25) is 10.0 Å². The third-order valence-electron chi connectivity index (χ3n) is 2.58. The minimum atomic E-state index is -3.42. The van der Waals surface area contributed by atoms with E-state index in [2.05, 4.69) is 25.6 Å². The third kappa shape index (κ3) is 3.67. The third-order valence-corrected chi connectivity index (χ3v) is 5.63. The van der Waals surface area contributed by atoms with Crippen molar-refractivity contribution in [1.29, 1.82) is 0 Å². The van der Waals surface area contributed by atoms with Crippen molar-refractivity contribution < 1.29 is 8.42 Å². The molecule has 7 heteroatoms. The molecule has 94 valence electrons. The van der Waals surface area contributed by atoms with Crippen LogP contribution in [0.3, 0.4) is 0 Å². The summed E-state index contributed by atoms with van der Waals surface area (Å²) in [5.74, 6) is 2.62. The van der Waals surface area contributed by atoms with Crippen LogP contribution >= 0.6 is 27.7 Å². The lowest BCUT2D eigenvalue weighted by molar-refractivity contribution is 0.545. The lowest BCUT2D eigenvalue weighted by Crippen LogP contribution is -2.29. The van der Waals surface area contributed by atoms with Crippen LogP contribution in [0.25, 0.3) is 0 Å². The molecule has 2 rings (SSSR count). The highest BCUT2D eigenvalue weighted by molar-refractivity contribution is 9.10. The van der Waals surface area contributed by atoms with Crippen LogP contribution in [0.1, 0.15) is 6.42 Å². The van der Waals surface area contributed by atoms with E-state index in [4.69, 9.17) is 0 Å². The summed E-state index contributed by atoms with van der Waals surface area (Å²) in [7, 11) is -3.42. The Labute approximate surface area is 114 Å². The molecule has 1 N–H and O–H groups in total. The first-order valence-corrected chi connectivity index (χ1v) is 8.69. The normalized spacial score (nSPS) is 20.6. The van der Waals surface area contributed by atoms with Crippen LogP contribution in [-0.2, 0) is 10.0 Å². The predicted molar refractivity (Wildman–Crippen MR) is 72.6 cm³/mol. The molecule has 0 radical (unpaired) electrons. The van der Waals surface area contributed by atoms with E-state index in [9.17, 15) is 8.42 Å². The molecule has 0 bridgehead atoms. The fourth-order valence-corrected chi connectivity index (χ4v) is 4.50. The maximum atomic E-state index is 12.0. The van der Waals surface area contributed by atoms with Crippen molar-refractivity contribution in [3.63, 3.8) is 0 Å². The van der Waals surface area contributed by atoms with E-state index in [-0.39, 0.29) is 4.90 Å². The number of aromatic nitrogens is 1. The molecule has 0 spiro atoms. The Balaban J connectivity index is 2.03. The second kappa shape index (κ2) is 5.69. The van der Waals surface area contributed by atoms with Gasteiger partial charge in [0.15, 0.2) is 0 Å². The zero-order valence-electron chi connectivity index (χ0n) is 9.10. The van der Waals surface area contributed by atoms with Gasteiger partial charge in [-0.1, -0.05) is 0 Å². The van der Waals surface area contributed by atoms with Crippen LogP contribution in [0.15, 0.2) is 27.8 Å². The molecule has 1 aliphatic rings. The minimum Gasteiger partial charge on any atom is -0.262 e. The maximum Gasteiger partial charge on any atom is 0.242 e. The van der Waals surface area contributed by atoms with Gasteiger partial charge in [0.05, 0.1) is 0 Å². The summed E-state index contributed by atoms with van der Waals surface area (Å²) in [6, 6.07) is 1.55. The Bertz CT molecular complexity index is 487. The molecule has 1 unspecified atom stereocenters. The molecule has 1 atom stereocenters. The number of sulfonamides is 1. The number of nitrogens with zero attached hydrogens (tertiary/aromatic N) is 1. The fourth-order valence-electron chi connectivity index (χ4n) is 1.59. The van der Waals surface area contributed by atoms with E-state index in [0.717, 1.165) is 17.9 Å². The largest absolute Gasteiger partial charge is 0.262 e. The molecular weight excluding hydrogens is 324 g/mol. The average Bonchev–Trinajstić information content (AvgIpc) is 2.79. The van der Waals surface area contributed by atoms with Gasteiger partial charge >= 0.3 is 0 Å². The monoisotopic (exact) mass is 336 g/mol. The topological polar surface area (TPSA) is 59.1 Å². The smallest absolute Gasteiger partial charge is 0.242 e. The molecule has 1 fully saturated rings. The van der Waals surface area contributed by atoms with Crippen molar-refractivity contribution in [2.24, 2.45) is 5.92 Å². The van der Waals surface area contributed by atoms with E-state index in [1.165, 1.54) is 6.20 Å². The van der Waals surface area contributed by atoms with E-state index >= 15 is 0 Å². The number of hydrogen-bond donors (Lipinski definition) is 1. The van der Waals surface area contributed by atoms with Gasteiger partial charge in [0.25, 0.3) is 0 Å². The maximum absolute atomic E-state index is 12.0. The van der Waals surface area contributed by atoms with Crippen LogP contribution in [-0.4, -0.2) is 31.5 Å². The van der Waals surface area contributed by atoms with Crippen LogP contribution in [0.4, 0.5) is 0 Å². The molecule has 0 saturated carbocycles. The first-order chi connectivity index (χ1) is 8.08. The Morgan fingerprint density at radius 3 is 3.00 bits per heavy atom. The SMILES string of the molecule is O=S(=O)(NCC1CCSC1)c1cncc(Br)c1. The van der Waals surface area contributed by atoms with Gasteiger partial charge in [-0.2, -0.15) is 11.8 Å². The van der Waals surface area contributed by atoms with Gasteiger partial charge in [-0.15, -0.1) is 0 Å². The van der Waals surface area contributed by atoms with E-state index in [1.54, 1.807) is 12.3 Å². The highest BCUT2D eigenvalue weighted by Crippen LogP contribution is 2.23. The Morgan fingerprint density at radius 2 is 2.35 bits per heavy atom. The van der Waals surface area contributed by atoms with E-state index in [1.807, 2.05) is 11.8 Å². The van der Waals surface area contributed by atoms with Crippen LogP contribution in [0.2, 0.25) is 0 Å². The molecule has 0 aromatic carbocycles. The highest BCUT2D eigenvalue weighted by Gasteiger charge is 2.20. The number of nitrogens with one attached hydrogen (secondary N) is 1. The highest BCUT2D eigenvalue weighted by atomic mass is 79.9.